The van der Waals surface area contributed by atoms with Crippen LogP contribution in [0.2, 0.25) is 0 Å². The number of aliphatic hydroxyl groups is 3. The van der Waals surface area contributed by atoms with Gasteiger partial charge in [-0.25, -0.2) is 4.79 Å². The lowest BCUT2D eigenvalue weighted by atomic mass is 9.97. The van der Waals surface area contributed by atoms with Crippen molar-refractivity contribution in [2.75, 3.05) is 6.61 Å². The van der Waals surface area contributed by atoms with Crippen molar-refractivity contribution in [2.45, 2.75) is 50.1 Å². The number of hydrogen-bond acceptors (Lipinski definition) is 8. The summed E-state index contributed by atoms with van der Waals surface area (Å²) in [6, 6.07) is -1.35. The Morgan fingerprint density at radius 2 is 1.83 bits per heavy atom. The highest BCUT2D eigenvalue weighted by Crippen LogP contribution is 2.23. The van der Waals surface area contributed by atoms with Gasteiger partial charge in [0, 0.05) is 6.92 Å². The minimum atomic E-state index is -1.81. The molecule has 1 fully saturated rings. The first-order chi connectivity index (χ1) is 10.7. The van der Waals surface area contributed by atoms with Crippen LogP contribution in [0, 0.1) is 0 Å². The van der Waals surface area contributed by atoms with Crippen LogP contribution in [0.25, 0.3) is 0 Å². The fraction of sp³-hybridized carbons (Fsp3) is 0.750. The number of nitrogens with one attached hydrogen (secondary N) is 1. The summed E-state index contributed by atoms with van der Waals surface area (Å²) in [6.07, 6.45) is -8.73. The maximum Gasteiger partial charge on any atom is 0.333 e. The van der Waals surface area contributed by atoms with Crippen LogP contribution in [0.15, 0.2) is 0 Å². The number of aliphatic carboxylic acids is 2. The van der Waals surface area contributed by atoms with Crippen molar-refractivity contribution in [1.82, 2.24) is 5.32 Å². The van der Waals surface area contributed by atoms with Gasteiger partial charge in [-0.2, -0.15) is 0 Å². The molecule has 0 aromatic carbocycles. The summed E-state index contributed by atoms with van der Waals surface area (Å²) in [5.41, 5.74) is 0. The average molecular weight is 337 g/mol. The van der Waals surface area contributed by atoms with Gasteiger partial charge in [0.15, 0.2) is 12.4 Å². The van der Waals surface area contributed by atoms with E-state index in [0.29, 0.717) is 0 Å². The third-order valence-corrected chi connectivity index (χ3v) is 3.18. The number of ether oxygens (including phenoxy) is 2. The topological polar surface area (TPSA) is 183 Å². The molecular formula is C12H19NO10. The molecule has 0 unspecified atom stereocenters. The molecular weight excluding hydrogens is 318 g/mol. The van der Waals surface area contributed by atoms with Gasteiger partial charge < -0.3 is 40.3 Å². The first kappa shape index (κ1) is 19.3. The van der Waals surface area contributed by atoms with E-state index in [1.54, 1.807) is 0 Å². The molecule has 0 radical (unpaired) electrons. The zero-order valence-electron chi connectivity index (χ0n) is 12.2. The summed E-state index contributed by atoms with van der Waals surface area (Å²) in [5, 5.41) is 48.8. The fourth-order valence-corrected chi connectivity index (χ4v) is 2.10. The lowest BCUT2D eigenvalue weighted by molar-refractivity contribution is -0.281. The second-order valence-corrected chi connectivity index (χ2v) is 4.99. The molecule has 132 valence electrons. The molecule has 0 aromatic rings. The van der Waals surface area contributed by atoms with Gasteiger partial charge >= 0.3 is 11.9 Å². The molecule has 6 atom stereocenters. The Kier molecular flexibility index (Phi) is 6.84. The minimum Gasteiger partial charge on any atom is -0.481 e. The molecule has 1 rings (SSSR count). The number of rotatable bonds is 7. The monoisotopic (exact) mass is 337 g/mol. The number of carbonyl (C=O) groups is 3. The molecule has 1 aliphatic rings. The summed E-state index contributed by atoms with van der Waals surface area (Å²) in [6.45, 7) is 0.405. The van der Waals surface area contributed by atoms with Crippen molar-refractivity contribution in [1.29, 1.82) is 0 Å². The Morgan fingerprint density at radius 1 is 1.22 bits per heavy atom. The normalized spacial score (nSPS) is 32.1. The molecule has 1 aliphatic heterocycles. The molecule has 0 saturated carbocycles. The minimum absolute atomic E-state index is 0.619. The molecule has 1 heterocycles. The van der Waals surface area contributed by atoms with Gasteiger partial charge in [0.05, 0.1) is 13.0 Å². The van der Waals surface area contributed by atoms with E-state index in [1.165, 1.54) is 0 Å². The van der Waals surface area contributed by atoms with E-state index < -0.39 is 67.6 Å². The number of carboxylic acids is 2. The highest BCUT2D eigenvalue weighted by atomic mass is 16.7. The Hall–Kier alpha value is -1.79. The maximum atomic E-state index is 11.2. The summed E-state index contributed by atoms with van der Waals surface area (Å²) in [7, 11) is 0. The average Bonchev–Trinajstić information content (AvgIpc) is 2.44. The molecule has 11 nitrogen and oxygen atoms in total. The summed E-state index contributed by atoms with van der Waals surface area (Å²) in [5.74, 6) is -3.65. The van der Waals surface area contributed by atoms with E-state index >= 15 is 0 Å². The molecule has 0 aromatic heterocycles. The summed E-state index contributed by atoms with van der Waals surface area (Å²) in [4.78, 5) is 32.9. The number of carbonyl (C=O) groups excluding carboxylic acids is 1. The van der Waals surface area contributed by atoms with E-state index in [1.807, 2.05) is 0 Å². The van der Waals surface area contributed by atoms with Gasteiger partial charge in [-0.1, -0.05) is 0 Å². The maximum absolute atomic E-state index is 11.2. The van der Waals surface area contributed by atoms with Gasteiger partial charge in [0.25, 0.3) is 0 Å². The van der Waals surface area contributed by atoms with Gasteiger partial charge in [-0.3, -0.25) is 9.59 Å². The zero-order valence-corrected chi connectivity index (χ0v) is 12.2. The number of aliphatic hydroxyl groups excluding tert-OH is 3. The standard InChI is InChI=1S/C12H19NO10/c1-4(15)13-8-10(19)9(18)6(3-14)23-12(8)22-5(11(20)21)2-7(16)17/h5-6,8-10,12,14,18-19H,2-3H2,1H3,(H,13,15)(H,16,17)(H,20,21)/t5-,6+,8+,9+,10+,12-/m0/s1. The van der Waals surface area contributed by atoms with Crippen molar-refractivity contribution in [3.05, 3.63) is 0 Å². The Labute approximate surface area is 130 Å². The second kappa shape index (κ2) is 8.17. The predicted molar refractivity (Wildman–Crippen MR) is 70.1 cm³/mol. The highest BCUT2D eigenvalue weighted by molar-refractivity contribution is 5.79. The van der Waals surface area contributed by atoms with Gasteiger partial charge in [-0.05, 0) is 0 Å². The Bertz CT molecular complexity index is 455. The van der Waals surface area contributed by atoms with Crippen LogP contribution in [-0.2, 0) is 23.9 Å². The summed E-state index contributed by atoms with van der Waals surface area (Å²) >= 11 is 0. The van der Waals surface area contributed by atoms with Crippen LogP contribution in [0.5, 0.6) is 0 Å². The SMILES string of the molecule is CC(=O)N[C@H]1[C@@H](O[C@@H](CC(=O)O)C(=O)O)O[C@H](CO)[C@@H](O)[C@@H]1O. The Morgan fingerprint density at radius 3 is 2.26 bits per heavy atom. The molecule has 0 aliphatic carbocycles. The van der Waals surface area contributed by atoms with E-state index in [9.17, 15) is 24.6 Å². The van der Waals surface area contributed by atoms with Crippen molar-refractivity contribution in [2.24, 2.45) is 0 Å². The van der Waals surface area contributed by atoms with Gasteiger partial charge in [0.1, 0.15) is 24.4 Å². The predicted octanol–water partition coefficient (Wildman–Crippen LogP) is -3.13. The van der Waals surface area contributed by atoms with Crippen LogP contribution in [0.1, 0.15) is 13.3 Å². The van der Waals surface area contributed by atoms with Crippen molar-refractivity contribution >= 4 is 17.8 Å². The largest absolute Gasteiger partial charge is 0.481 e. The van der Waals surface area contributed by atoms with Crippen LogP contribution >= 0.6 is 0 Å². The van der Waals surface area contributed by atoms with Gasteiger partial charge in [-0.15, -0.1) is 0 Å². The molecule has 0 spiro atoms. The van der Waals surface area contributed by atoms with Crippen LogP contribution < -0.4 is 5.32 Å². The molecule has 23 heavy (non-hydrogen) atoms. The van der Waals surface area contributed by atoms with E-state index in [0.717, 1.165) is 6.92 Å². The van der Waals surface area contributed by atoms with Crippen LogP contribution in [0.3, 0.4) is 0 Å². The molecule has 6 N–H and O–H groups in total. The first-order valence-corrected chi connectivity index (χ1v) is 6.67. The van der Waals surface area contributed by atoms with Gasteiger partial charge in [0.2, 0.25) is 5.91 Å². The highest BCUT2D eigenvalue weighted by Gasteiger charge is 2.46. The molecule has 1 amide bonds. The molecule has 0 bridgehead atoms. The summed E-state index contributed by atoms with van der Waals surface area (Å²) < 4.78 is 10.2. The quantitative estimate of drug-likeness (QED) is 0.278. The van der Waals surface area contributed by atoms with Crippen molar-refractivity contribution in [3.8, 4) is 0 Å². The van der Waals surface area contributed by atoms with Crippen molar-refractivity contribution in [3.63, 3.8) is 0 Å². The number of carboxylic acid groups (broad SMARTS) is 2. The third-order valence-electron chi connectivity index (χ3n) is 3.18. The van der Waals surface area contributed by atoms with Crippen molar-refractivity contribution < 1.29 is 49.4 Å². The van der Waals surface area contributed by atoms with E-state index in [4.69, 9.17) is 24.8 Å². The molecule has 11 heteroatoms. The van der Waals surface area contributed by atoms with Crippen LogP contribution in [-0.4, -0.2) is 86.7 Å². The number of hydrogen-bond donors (Lipinski definition) is 6. The third kappa shape index (κ3) is 5.11. The van der Waals surface area contributed by atoms with E-state index in [-0.39, 0.29) is 0 Å². The fourth-order valence-electron chi connectivity index (χ4n) is 2.10. The smallest absolute Gasteiger partial charge is 0.333 e. The van der Waals surface area contributed by atoms with Crippen LogP contribution in [0.4, 0.5) is 0 Å². The number of amides is 1. The first-order valence-electron chi connectivity index (χ1n) is 6.67. The zero-order chi connectivity index (χ0) is 17.7. The van der Waals surface area contributed by atoms with E-state index in [2.05, 4.69) is 5.32 Å². The lowest BCUT2D eigenvalue weighted by Gasteiger charge is -2.42. The molecule has 1 saturated heterocycles. The Balaban J connectivity index is 2.97. The lowest BCUT2D eigenvalue weighted by Crippen LogP contribution is -2.65. The second-order valence-electron chi connectivity index (χ2n) is 4.99.